The average Bonchev–Trinajstić information content (AvgIpc) is 2.88. The van der Waals surface area contributed by atoms with Gasteiger partial charge in [0.15, 0.2) is 5.82 Å². The maximum Gasteiger partial charge on any atom is 0.234 e. The van der Waals surface area contributed by atoms with Crippen LogP contribution in [0.3, 0.4) is 0 Å². The summed E-state index contributed by atoms with van der Waals surface area (Å²) < 4.78 is 11.9. The molecule has 0 fully saturated rings. The first-order chi connectivity index (χ1) is 17.5. The lowest BCUT2D eigenvalue weighted by molar-refractivity contribution is -0.113. The van der Waals surface area contributed by atoms with Crippen LogP contribution in [0.5, 0.6) is 17.4 Å². The molecule has 0 saturated heterocycles. The van der Waals surface area contributed by atoms with Crippen molar-refractivity contribution in [1.82, 2.24) is 9.97 Å². The van der Waals surface area contributed by atoms with Gasteiger partial charge in [-0.3, -0.25) is 4.79 Å². The number of fused-ring (bicyclic) bond motifs is 2. The van der Waals surface area contributed by atoms with Crippen LogP contribution in [0.15, 0.2) is 71.8 Å². The number of hydrogen-bond acceptors (Lipinski definition) is 6. The maximum absolute atomic E-state index is 12.7. The Morgan fingerprint density at radius 3 is 2.56 bits per heavy atom. The number of carbonyl (C=O) groups is 1. The minimum Gasteiger partial charge on any atom is -0.494 e. The maximum atomic E-state index is 12.7. The summed E-state index contributed by atoms with van der Waals surface area (Å²) in [6.07, 6.45) is 0.651. The highest BCUT2D eigenvalue weighted by Gasteiger charge is 2.25. The Balaban J connectivity index is 1.44. The van der Waals surface area contributed by atoms with Crippen LogP contribution >= 0.6 is 11.8 Å². The van der Waals surface area contributed by atoms with Gasteiger partial charge in [0, 0.05) is 17.7 Å². The number of benzene rings is 3. The van der Waals surface area contributed by atoms with Crippen LogP contribution < -0.4 is 14.8 Å². The molecule has 7 heteroatoms. The molecule has 3 aromatic carbocycles. The summed E-state index contributed by atoms with van der Waals surface area (Å²) in [5, 5.41) is 3.70. The lowest BCUT2D eigenvalue weighted by atomic mass is 10.0. The van der Waals surface area contributed by atoms with E-state index < -0.39 is 0 Å². The van der Waals surface area contributed by atoms with Crippen molar-refractivity contribution in [1.29, 1.82) is 0 Å². The number of nitrogens with zero attached hydrogens (tertiary/aromatic N) is 2. The second-order valence-corrected chi connectivity index (χ2v) is 9.60. The highest BCUT2D eigenvalue weighted by molar-refractivity contribution is 8.00. The number of amides is 1. The smallest absolute Gasteiger partial charge is 0.234 e. The Kier molecular flexibility index (Phi) is 6.91. The number of aryl methyl sites for hydroxylation is 2. The van der Waals surface area contributed by atoms with Crippen LogP contribution in [-0.2, 0) is 11.2 Å². The summed E-state index contributed by atoms with van der Waals surface area (Å²) in [5.41, 5.74) is 5.82. The van der Waals surface area contributed by atoms with E-state index in [-0.39, 0.29) is 11.7 Å². The molecule has 6 nitrogen and oxygen atoms in total. The normalized spacial score (nSPS) is 11.8. The highest BCUT2D eigenvalue weighted by Crippen LogP contribution is 2.41. The van der Waals surface area contributed by atoms with Crippen molar-refractivity contribution in [3.63, 3.8) is 0 Å². The van der Waals surface area contributed by atoms with Gasteiger partial charge in [-0.1, -0.05) is 47.7 Å². The molecule has 1 aliphatic rings. The van der Waals surface area contributed by atoms with Gasteiger partial charge in [-0.15, -0.1) is 0 Å². The fourth-order valence-corrected chi connectivity index (χ4v) is 4.87. The minimum atomic E-state index is -0.0909. The Morgan fingerprint density at radius 2 is 1.81 bits per heavy atom. The van der Waals surface area contributed by atoms with E-state index >= 15 is 0 Å². The predicted molar refractivity (Wildman–Crippen MR) is 143 cm³/mol. The van der Waals surface area contributed by atoms with Crippen LogP contribution in [0.1, 0.15) is 29.2 Å². The van der Waals surface area contributed by atoms with Gasteiger partial charge in [0.05, 0.1) is 17.9 Å². The van der Waals surface area contributed by atoms with Gasteiger partial charge in [0.2, 0.25) is 11.8 Å². The van der Waals surface area contributed by atoms with Gasteiger partial charge >= 0.3 is 0 Å². The Morgan fingerprint density at radius 1 is 1.03 bits per heavy atom. The molecule has 36 heavy (non-hydrogen) atoms. The van der Waals surface area contributed by atoms with Gasteiger partial charge in [0.25, 0.3) is 0 Å². The Hall–Kier alpha value is -3.84. The molecule has 182 valence electrons. The molecule has 0 atom stereocenters. The number of ether oxygens (including phenoxy) is 2. The number of aromatic nitrogens is 2. The van der Waals surface area contributed by atoms with Crippen molar-refractivity contribution in [2.75, 3.05) is 17.7 Å². The fraction of sp³-hybridized carbons (Fsp3) is 0.207. The molecule has 1 aromatic heterocycles. The Labute approximate surface area is 215 Å². The van der Waals surface area contributed by atoms with E-state index in [1.165, 1.54) is 11.8 Å². The number of nitrogens with one attached hydrogen (secondary N) is 1. The third-order valence-electron chi connectivity index (χ3n) is 5.89. The van der Waals surface area contributed by atoms with E-state index in [0.29, 0.717) is 24.7 Å². The molecule has 1 aliphatic heterocycles. The van der Waals surface area contributed by atoms with Gasteiger partial charge in [-0.05, 0) is 68.3 Å². The zero-order valence-electron chi connectivity index (χ0n) is 20.5. The number of rotatable bonds is 7. The summed E-state index contributed by atoms with van der Waals surface area (Å²) in [6.45, 7) is 6.61. The number of thioether (sulfide) groups is 1. The largest absolute Gasteiger partial charge is 0.494 e. The van der Waals surface area contributed by atoms with Gasteiger partial charge < -0.3 is 14.8 Å². The number of para-hydroxylation sites is 1. The summed E-state index contributed by atoms with van der Waals surface area (Å²) in [5.74, 6) is 2.86. The highest BCUT2D eigenvalue weighted by atomic mass is 32.2. The molecule has 1 amide bonds. The number of hydrogen-bond donors (Lipinski definition) is 1. The molecule has 1 N–H and O–H groups in total. The predicted octanol–water partition coefficient (Wildman–Crippen LogP) is 6.59. The fourth-order valence-electron chi connectivity index (χ4n) is 4.05. The van der Waals surface area contributed by atoms with Crippen LogP contribution in [0, 0.1) is 13.8 Å². The molecule has 0 radical (unpaired) electrons. The second-order valence-electron chi connectivity index (χ2n) is 8.64. The average molecular weight is 498 g/mol. The van der Waals surface area contributed by atoms with Crippen LogP contribution in [0.2, 0.25) is 0 Å². The molecule has 0 spiro atoms. The molecule has 0 bridgehead atoms. The summed E-state index contributed by atoms with van der Waals surface area (Å²) in [7, 11) is 0. The minimum absolute atomic E-state index is 0.0909. The van der Waals surface area contributed by atoms with E-state index in [1.807, 2.05) is 81.4 Å². The van der Waals surface area contributed by atoms with E-state index in [4.69, 9.17) is 19.4 Å². The molecule has 4 aromatic rings. The third kappa shape index (κ3) is 5.21. The first-order valence-corrected chi connectivity index (χ1v) is 12.9. The van der Waals surface area contributed by atoms with Gasteiger partial charge in [0.1, 0.15) is 16.5 Å². The topological polar surface area (TPSA) is 73.3 Å². The molecule has 0 unspecified atom stereocenters. The molecular formula is C29H27N3O3S. The molecule has 0 saturated carbocycles. The molecular weight excluding hydrogens is 470 g/mol. The lowest BCUT2D eigenvalue weighted by Gasteiger charge is -2.23. The van der Waals surface area contributed by atoms with Crippen molar-refractivity contribution in [3.05, 3.63) is 89.0 Å². The lowest BCUT2D eigenvalue weighted by Crippen LogP contribution is -2.15. The zero-order valence-corrected chi connectivity index (χ0v) is 21.3. The van der Waals surface area contributed by atoms with Gasteiger partial charge in [-0.2, -0.15) is 4.98 Å². The van der Waals surface area contributed by atoms with Crippen LogP contribution in [0.25, 0.3) is 11.4 Å². The van der Waals surface area contributed by atoms with E-state index in [0.717, 1.165) is 50.0 Å². The summed E-state index contributed by atoms with van der Waals surface area (Å²) in [6, 6.07) is 21.6. The molecule has 2 heterocycles. The van der Waals surface area contributed by atoms with E-state index in [1.54, 1.807) is 0 Å². The molecule has 5 rings (SSSR count). The number of carbonyl (C=O) groups excluding carboxylic acids is 1. The van der Waals surface area contributed by atoms with Crippen molar-refractivity contribution in [2.45, 2.75) is 32.2 Å². The van der Waals surface area contributed by atoms with Crippen molar-refractivity contribution >= 4 is 23.4 Å². The SMILES string of the molecule is CCOc1ccc(-c2nc3c(c(SCC(=O)Nc4ccc(C)cc4)n2)Cc2cccc(C)c2O3)cc1. The quantitative estimate of drug-likeness (QED) is 0.202. The van der Waals surface area contributed by atoms with Crippen molar-refractivity contribution in [3.8, 4) is 28.8 Å². The summed E-state index contributed by atoms with van der Waals surface area (Å²) in [4.78, 5) is 22.4. The van der Waals surface area contributed by atoms with Gasteiger partial charge in [-0.25, -0.2) is 4.98 Å². The zero-order chi connectivity index (χ0) is 25.1. The van der Waals surface area contributed by atoms with Crippen LogP contribution in [-0.4, -0.2) is 28.2 Å². The van der Waals surface area contributed by atoms with Crippen molar-refractivity contribution in [2.24, 2.45) is 0 Å². The first-order valence-electron chi connectivity index (χ1n) is 11.9. The Bertz CT molecular complexity index is 1400. The number of anilines is 1. The second kappa shape index (κ2) is 10.4. The monoisotopic (exact) mass is 497 g/mol. The molecule has 0 aliphatic carbocycles. The third-order valence-corrected chi connectivity index (χ3v) is 6.91. The van der Waals surface area contributed by atoms with E-state index in [9.17, 15) is 4.79 Å². The van der Waals surface area contributed by atoms with E-state index in [2.05, 4.69) is 11.4 Å². The van der Waals surface area contributed by atoms with Crippen molar-refractivity contribution < 1.29 is 14.3 Å². The first kappa shape index (κ1) is 23.9. The standard InChI is InChI=1S/C29H27N3O3S/c1-4-34-23-14-10-20(11-15-23)27-31-28-24(16-21-7-5-6-19(3)26(21)35-28)29(32-27)36-17-25(33)30-22-12-8-18(2)9-13-22/h5-15H,4,16-17H2,1-3H3,(H,30,33). The van der Waals surface area contributed by atoms with Crippen LogP contribution in [0.4, 0.5) is 5.69 Å². The summed E-state index contributed by atoms with van der Waals surface area (Å²) >= 11 is 1.40.